The van der Waals surface area contributed by atoms with Crippen molar-refractivity contribution < 1.29 is 26.3 Å². The lowest BCUT2D eigenvalue weighted by molar-refractivity contribution is -0.137. The molecule has 188 valence electrons. The van der Waals surface area contributed by atoms with E-state index in [1.165, 1.54) is 30.5 Å². The molecule has 0 unspecified atom stereocenters. The maximum absolute atomic E-state index is 13.5. The summed E-state index contributed by atoms with van der Waals surface area (Å²) < 4.78 is 72.4. The van der Waals surface area contributed by atoms with E-state index in [9.17, 15) is 21.6 Å². The van der Waals surface area contributed by atoms with Gasteiger partial charge in [0.25, 0.3) is 0 Å². The number of rotatable bonds is 5. The van der Waals surface area contributed by atoms with Gasteiger partial charge in [-0.15, -0.1) is 0 Å². The second-order valence-electron chi connectivity index (χ2n) is 8.62. The van der Waals surface area contributed by atoms with Gasteiger partial charge in [-0.25, -0.2) is 8.42 Å². The Morgan fingerprint density at radius 3 is 2.61 bits per heavy atom. The summed E-state index contributed by atoms with van der Waals surface area (Å²) in [6.07, 6.45) is -0.397. The molecule has 0 amide bonds. The van der Waals surface area contributed by atoms with Crippen LogP contribution in [0.3, 0.4) is 0 Å². The van der Waals surface area contributed by atoms with E-state index in [0.29, 0.717) is 54.4 Å². The van der Waals surface area contributed by atoms with Crippen molar-refractivity contribution in [1.82, 2.24) is 10.3 Å². The zero-order chi connectivity index (χ0) is 25.3. The summed E-state index contributed by atoms with van der Waals surface area (Å²) in [7, 11) is -3.68. The molecule has 2 aromatic carbocycles. The molecule has 0 radical (unpaired) electrons. The molecular formula is C26H24F3N3O3S. The molecule has 0 aliphatic carbocycles. The van der Waals surface area contributed by atoms with E-state index in [1.807, 2.05) is 11.0 Å². The van der Waals surface area contributed by atoms with Crippen molar-refractivity contribution in [3.05, 3.63) is 83.7 Å². The quantitative estimate of drug-likeness (QED) is 0.517. The van der Waals surface area contributed by atoms with E-state index >= 15 is 0 Å². The molecule has 10 heteroatoms. The van der Waals surface area contributed by atoms with Gasteiger partial charge in [0.15, 0.2) is 9.84 Å². The van der Waals surface area contributed by atoms with Crippen LogP contribution in [0.25, 0.3) is 5.57 Å². The Kier molecular flexibility index (Phi) is 6.48. The van der Waals surface area contributed by atoms with Gasteiger partial charge < -0.3 is 15.0 Å². The Labute approximate surface area is 207 Å². The number of pyridine rings is 1. The van der Waals surface area contributed by atoms with E-state index in [2.05, 4.69) is 10.3 Å². The van der Waals surface area contributed by atoms with E-state index in [1.54, 1.807) is 24.3 Å². The number of ether oxygens (including phenoxy) is 1. The summed E-state index contributed by atoms with van der Waals surface area (Å²) >= 11 is 0. The Morgan fingerprint density at radius 2 is 1.89 bits per heavy atom. The molecule has 36 heavy (non-hydrogen) atoms. The predicted octanol–water partition coefficient (Wildman–Crippen LogP) is 4.98. The summed E-state index contributed by atoms with van der Waals surface area (Å²) in [5.74, 6) is 0.121. The average molecular weight is 516 g/mol. The highest BCUT2D eigenvalue weighted by Gasteiger charge is 2.33. The number of alkyl halides is 3. The largest absolute Gasteiger partial charge is 0.489 e. The highest BCUT2D eigenvalue weighted by Crippen LogP contribution is 2.43. The highest BCUT2D eigenvalue weighted by atomic mass is 32.2. The topological polar surface area (TPSA) is 71.5 Å². The van der Waals surface area contributed by atoms with Crippen LogP contribution in [0, 0.1) is 0 Å². The lowest BCUT2D eigenvalue weighted by Gasteiger charge is -2.34. The molecule has 1 N–H and O–H groups in total. The molecule has 0 spiro atoms. The van der Waals surface area contributed by atoms with Crippen LogP contribution in [0.15, 0.2) is 71.8 Å². The molecule has 1 aromatic heterocycles. The predicted molar refractivity (Wildman–Crippen MR) is 131 cm³/mol. The SMILES string of the molecule is O=S(=O)(Cc1ccccn1)c1ccc2c(c1)OCCN2c1ccc(C(F)(F)F)cc1C1=CCNCC1. The monoisotopic (exact) mass is 515 g/mol. The first kappa shape index (κ1) is 24.3. The molecule has 3 aromatic rings. The standard InChI is InChI=1S/C26H24F3N3O3S/c27-26(28,29)19-4-6-23(22(15-19)18-8-11-30-12-9-18)32-13-14-35-25-16-21(5-7-24(25)32)36(33,34)17-20-3-1-2-10-31-20/h1-8,10,15-16,30H,9,11-14,17H2. The van der Waals surface area contributed by atoms with Crippen molar-refractivity contribution in [1.29, 1.82) is 0 Å². The Morgan fingerprint density at radius 1 is 1.06 bits per heavy atom. The summed E-state index contributed by atoms with van der Waals surface area (Å²) in [5.41, 5.74) is 2.33. The van der Waals surface area contributed by atoms with Gasteiger partial charge in [-0.3, -0.25) is 4.98 Å². The molecule has 6 nitrogen and oxygen atoms in total. The number of halogens is 3. The van der Waals surface area contributed by atoms with Crippen LogP contribution >= 0.6 is 0 Å². The van der Waals surface area contributed by atoms with Gasteiger partial charge in [-0.05, 0) is 61.0 Å². The second-order valence-corrected chi connectivity index (χ2v) is 10.6. The van der Waals surface area contributed by atoms with Gasteiger partial charge in [0.1, 0.15) is 12.4 Å². The van der Waals surface area contributed by atoms with Crippen molar-refractivity contribution in [2.45, 2.75) is 23.2 Å². The van der Waals surface area contributed by atoms with Crippen molar-refractivity contribution in [3.63, 3.8) is 0 Å². The van der Waals surface area contributed by atoms with E-state index in [-0.39, 0.29) is 17.3 Å². The second kappa shape index (κ2) is 9.59. The summed E-state index contributed by atoms with van der Waals surface area (Å²) in [6, 6.07) is 13.5. The highest BCUT2D eigenvalue weighted by molar-refractivity contribution is 7.90. The molecule has 0 atom stereocenters. The first-order valence-electron chi connectivity index (χ1n) is 11.5. The number of anilines is 2. The number of hydrogen-bond acceptors (Lipinski definition) is 6. The van der Waals surface area contributed by atoms with Gasteiger partial charge in [0, 0.05) is 30.1 Å². The Hall–Kier alpha value is -3.37. The molecule has 0 fully saturated rings. The smallest absolute Gasteiger partial charge is 0.416 e. The number of fused-ring (bicyclic) bond motifs is 1. The fraction of sp³-hybridized carbons (Fsp3) is 0.269. The number of nitrogens with zero attached hydrogens (tertiary/aromatic N) is 2. The van der Waals surface area contributed by atoms with Crippen LogP contribution in [0.2, 0.25) is 0 Å². The lowest BCUT2D eigenvalue weighted by atomic mass is 9.95. The zero-order valence-electron chi connectivity index (χ0n) is 19.3. The third-order valence-electron chi connectivity index (χ3n) is 6.24. The van der Waals surface area contributed by atoms with Crippen molar-refractivity contribution in [2.75, 3.05) is 31.1 Å². The minimum absolute atomic E-state index is 0.0995. The van der Waals surface area contributed by atoms with Crippen LogP contribution in [0.4, 0.5) is 24.5 Å². The van der Waals surface area contributed by atoms with Crippen LogP contribution in [-0.2, 0) is 21.8 Å². The van der Waals surface area contributed by atoms with Crippen LogP contribution in [0.5, 0.6) is 5.75 Å². The molecule has 2 aliphatic rings. The minimum atomic E-state index is -4.46. The van der Waals surface area contributed by atoms with E-state index in [0.717, 1.165) is 11.6 Å². The average Bonchev–Trinajstić information content (AvgIpc) is 2.88. The van der Waals surface area contributed by atoms with Gasteiger partial charge in [0.05, 0.1) is 34.1 Å². The van der Waals surface area contributed by atoms with Crippen LogP contribution < -0.4 is 15.0 Å². The number of benzene rings is 2. The van der Waals surface area contributed by atoms with Crippen LogP contribution in [0.1, 0.15) is 23.2 Å². The van der Waals surface area contributed by atoms with Crippen molar-refractivity contribution >= 4 is 26.8 Å². The molecule has 2 aliphatic heterocycles. The molecule has 0 saturated carbocycles. The zero-order valence-corrected chi connectivity index (χ0v) is 20.1. The Balaban J connectivity index is 1.53. The molecule has 0 saturated heterocycles. The summed E-state index contributed by atoms with van der Waals surface area (Å²) in [4.78, 5) is 6.09. The normalized spacial score (nSPS) is 16.2. The Bertz CT molecular complexity index is 1410. The van der Waals surface area contributed by atoms with Gasteiger partial charge >= 0.3 is 6.18 Å². The number of hydrogen-bond donors (Lipinski definition) is 1. The first-order chi connectivity index (χ1) is 17.2. The van der Waals surface area contributed by atoms with Crippen molar-refractivity contribution in [2.24, 2.45) is 0 Å². The molecule has 5 rings (SSSR count). The van der Waals surface area contributed by atoms with Crippen molar-refractivity contribution in [3.8, 4) is 5.75 Å². The van der Waals surface area contributed by atoms with Gasteiger partial charge in [0.2, 0.25) is 0 Å². The third kappa shape index (κ3) is 4.96. The van der Waals surface area contributed by atoms with Crippen LogP contribution in [-0.4, -0.2) is 39.6 Å². The van der Waals surface area contributed by atoms with Gasteiger partial charge in [-0.2, -0.15) is 13.2 Å². The number of aromatic nitrogens is 1. The molecular weight excluding hydrogens is 491 g/mol. The lowest BCUT2D eigenvalue weighted by Crippen LogP contribution is -2.30. The third-order valence-corrected chi connectivity index (χ3v) is 7.89. The maximum atomic E-state index is 13.5. The van der Waals surface area contributed by atoms with Gasteiger partial charge in [-0.1, -0.05) is 12.1 Å². The van der Waals surface area contributed by atoms with E-state index in [4.69, 9.17) is 4.74 Å². The minimum Gasteiger partial charge on any atom is -0.489 e. The summed E-state index contributed by atoms with van der Waals surface area (Å²) in [5, 5.41) is 3.19. The maximum Gasteiger partial charge on any atom is 0.416 e. The fourth-order valence-electron chi connectivity index (χ4n) is 4.48. The number of nitrogens with one attached hydrogen (secondary N) is 1. The molecule has 3 heterocycles. The number of sulfone groups is 1. The first-order valence-corrected chi connectivity index (χ1v) is 13.2. The fourth-order valence-corrected chi connectivity index (χ4v) is 5.77. The summed E-state index contributed by atoms with van der Waals surface area (Å²) in [6.45, 7) is 1.94. The van der Waals surface area contributed by atoms with E-state index < -0.39 is 21.6 Å². The molecule has 0 bridgehead atoms.